The highest BCUT2D eigenvalue weighted by atomic mass is 31.2. The van der Waals surface area contributed by atoms with Gasteiger partial charge in [-0.25, -0.2) is 14.4 Å². The maximum absolute atomic E-state index is 14.3. The number of nitrogens with zero attached hydrogens (tertiary/aromatic N) is 2. The van der Waals surface area contributed by atoms with Gasteiger partial charge >= 0.3 is 19.4 Å². The first-order chi connectivity index (χ1) is 20.4. The zero-order chi connectivity index (χ0) is 31.2. The van der Waals surface area contributed by atoms with Crippen LogP contribution in [-0.2, 0) is 29.8 Å². The molecule has 0 radical (unpaired) electrons. The zero-order valence-corrected chi connectivity index (χ0v) is 25.0. The van der Waals surface area contributed by atoms with Gasteiger partial charge in [0.1, 0.15) is 36.0 Å². The molecule has 43 heavy (non-hydrogen) atoms. The lowest BCUT2D eigenvalue weighted by atomic mass is 9.96. The Bertz CT molecular complexity index is 1470. The summed E-state index contributed by atoms with van der Waals surface area (Å²) in [6.07, 6.45) is -2.54. The Morgan fingerprint density at radius 2 is 1.81 bits per heavy atom. The van der Waals surface area contributed by atoms with E-state index in [4.69, 9.17) is 24.3 Å². The number of esters is 1. The Morgan fingerprint density at radius 3 is 2.44 bits per heavy atom. The first-order valence-electron chi connectivity index (χ1n) is 13.8. The van der Waals surface area contributed by atoms with E-state index in [9.17, 15) is 24.4 Å². The molecule has 1 aliphatic rings. The Balaban J connectivity index is 1.57. The fourth-order valence-electron chi connectivity index (χ4n) is 4.48. The van der Waals surface area contributed by atoms with Crippen molar-refractivity contribution in [2.75, 3.05) is 18.9 Å². The molecule has 2 unspecified atom stereocenters. The van der Waals surface area contributed by atoms with Gasteiger partial charge in [-0.15, -0.1) is 0 Å². The van der Waals surface area contributed by atoms with E-state index in [1.165, 1.54) is 19.2 Å². The standard InChI is InChI=1S/C29H37N4O9P/c1-19(2)26(35)39-17-21(16-20-10-6-4-7-11-20)32-43(38,42-22-12-8-5-9-13-22)40-18-23-25(34)29(3,37)27(41-23)33-15-14-24(30)31-28(33)36/h4-15,19,21,23,25,27,34,37H,16-18H2,1-3H3,(H,32,38)(H2,30,31,36)/t21?,23-,25-,27-,29-,43?/m1/s1. The normalized spacial score (nSPS) is 23.9. The van der Waals surface area contributed by atoms with E-state index in [1.54, 1.807) is 44.2 Å². The number of hydrogen-bond acceptors (Lipinski definition) is 11. The molecule has 0 aliphatic carbocycles. The van der Waals surface area contributed by atoms with Crippen LogP contribution in [0.15, 0.2) is 77.7 Å². The van der Waals surface area contributed by atoms with Crippen LogP contribution in [-0.4, -0.2) is 62.8 Å². The fraction of sp³-hybridized carbons (Fsp3) is 0.414. The van der Waals surface area contributed by atoms with Crippen LogP contribution in [0.3, 0.4) is 0 Å². The lowest BCUT2D eigenvalue weighted by Crippen LogP contribution is -2.46. The summed E-state index contributed by atoms with van der Waals surface area (Å²) in [4.78, 5) is 28.3. The molecule has 0 amide bonds. The summed E-state index contributed by atoms with van der Waals surface area (Å²) in [5.74, 6) is -0.587. The SMILES string of the molecule is CC(C)C(=O)OCC(Cc1ccccc1)NP(=O)(OC[C@H]1O[C@@H](n2ccc(N)nc2=O)[C@](C)(O)[C@@H]1O)Oc1ccccc1. The molecule has 2 heterocycles. The molecule has 2 aromatic carbocycles. The Morgan fingerprint density at radius 1 is 1.16 bits per heavy atom. The van der Waals surface area contributed by atoms with Gasteiger partial charge < -0.3 is 29.9 Å². The predicted molar refractivity (Wildman–Crippen MR) is 157 cm³/mol. The van der Waals surface area contributed by atoms with Crippen molar-refractivity contribution < 1.29 is 38.1 Å². The second-order valence-corrected chi connectivity index (χ2v) is 12.4. The molecule has 0 spiro atoms. The molecule has 0 bridgehead atoms. The minimum absolute atomic E-state index is 0.0199. The third-order valence-corrected chi connectivity index (χ3v) is 8.42. The summed E-state index contributed by atoms with van der Waals surface area (Å²) < 4.78 is 38.2. The van der Waals surface area contributed by atoms with Crippen molar-refractivity contribution in [2.24, 2.45) is 5.92 Å². The third-order valence-electron chi connectivity index (χ3n) is 6.80. The van der Waals surface area contributed by atoms with Crippen molar-refractivity contribution in [3.63, 3.8) is 0 Å². The van der Waals surface area contributed by atoms with E-state index < -0.39 is 56.1 Å². The molecule has 3 aromatic rings. The highest BCUT2D eigenvalue weighted by molar-refractivity contribution is 7.52. The van der Waals surface area contributed by atoms with Crippen molar-refractivity contribution in [3.05, 3.63) is 89.0 Å². The van der Waals surface area contributed by atoms with Crippen LogP contribution >= 0.6 is 7.75 Å². The van der Waals surface area contributed by atoms with Crippen molar-refractivity contribution >= 4 is 19.5 Å². The van der Waals surface area contributed by atoms with Crippen LogP contribution in [0.25, 0.3) is 0 Å². The van der Waals surface area contributed by atoms with Crippen molar-refractivity contribution in [2.45, 2.75) is 57.3 Å². The molecule has 1 aliphatic heterocycles. The van der Waals surface area contributed by atoms with Gasteiger partial charge in [-0.2, -0.15) is 4.98 Å². The highest BCUT2D eigenvalue weighted by Gasteiger charge is 2.54. The van der Waals surface area contributed by atoms with Gasteiger partial charge in [0.15, 0.2) is 6.23 Å². The topological polar surface area (TPSA) is 184 Å². The maximum Gasteiger partial charge on any atom is 0.459 e. The second-order valence-electron chi connectivity index (χ2n) is 10.7. The van der Waals surface area contributed by atoms with E-state index in [0.717, 1.165) is 10.1 Å². The molecular weight excluding hydrogens is 579 g/mol. The van der Waals surface area contributed by atoms with Gasteiger partial charge in [-0.3, -0.25) is 13.9 Å². The van der Waals surface area contributed by atoms with Crippen LogP contribution in [0.2, 0.25) is 0 Å². The average Bonchev–Trinajstić information content (AvgIpc) is 3.19. The summed E-state index contributed by atoms with van der Waals surface area (Å²) in [6.45, 7) is 4.06. The number of anilines is 1. The quantitative estimate of drug-likeness (QED) is 0.163. The summed E-state index contributed by atoms with van der Waals surface area (Å²) >= 11 is 0. The Labute approximate surface area is 249 Å². The molecule has 5 N–H and O–H groups in total. The average molecular weight is 617 g/mol. The van der Waals surface area contributed by atoms with Crippen LogP contribution in [0.4, 0.5) is 5.82 Å². The predicted octanol–water partition coefficient (Wildman–Crippen LogP) is 2.44. The van der Waals surface area contributed by atoms with Gasteiger partial charge in [0.05, 0.1) is 18.6 Å². The Kier molecular flexibility index (Phi) is 10.4. The van der Waals surface area contributed by atoms with Crippen LogP contribution in [0.5, 0.6) is 5.75 Å². The first kappa shape index (κ1) is 32.3. The van der Waals surface area contributed by atoms with Gasteiger partial charge in [0.25, 0.3) is 0 Å². The van der Waals surface area contributed by atoms with E-state index >= 15 is 0 Å². The number of carbonyl (C=O) groups is 1. The van der Waals surface area contributed by atoms with Gasteiger partial charge in [-0.05, 0) is 37.1 Å². The second kappa shape index (κ2) is 13.8. The zero-order valence-electron chi connectivity index (χ0n) is 24.1. The highest BCUT2D eigenvalue weighted by Crippen LogP contribution is 2.47. The fourth-order valence-corrected chi connectivity index (χ4v) is 6.01. The number of aromatic nitrogens is 2. The van der Waals surface area contributed by atoms with Crippen LogP contribution in [0, 0.1) is 5.92 Å². The van der Waals surface area contributed by atoms with Crippen molar-refractivity contribution in [1.29, 1.82) is 0 Å². The lowest BCUT2D eigenvalue weighted by Gasteiger charge is -2.28. The smallest absolute Gasteiger partial charge is 0.459 e. The number of nitrogens with two attached hydrogens (primary N) is 1. The van der Waals surface area contributed by atoms with Crippen molar-refractivity contribution in [3.8, 4) is 5.75 Å². The molecule has 4 rings (SSSR count). The van der Waals surface area contributed by atoms with E-state index in [0.29, 0.717) is 6.42 Å². The summed E-state index contributed by atoms with van der Waals surface area (Å²) in [5.41, 5.74) is 3.71. The number of benzene rings is 2. The maximum atomic E-state index is 14.3. The summed E-state index contributed by atoms with van der Waals surface area (Å²) in [5, 5.41) is 24.9. The molecule has 232 valence electrons. The van der Waals surface area contributed by atoms with Crippen LogP contribution < -0.4 is 21.0 Å². The van der Waals surface area contributed by atoms with Gasteiger partial charge in [0.2, 0.25) is 0 Å². The number of aliphatic hydroxyl groups is 2. The Hall–Kier alpha value is -3.58. The number of ether oxygens (including phenoxy) is 2. The molecular formula is C29H37N4O9P. The summed E-state index contributed by atoms with van der Waals surface area (Å²) in [7, 11) is -4.26. The molecule has 14 heteroatoms. The number of nitrogen functional groups attached to an aromatic ring is 1. The number of nitrogens with one attached hydrogen (secondary N) is 1. The number of rotatable bonds is 13. The van der Waals surface area contributed by atoms with Gasteiger partial charge in [-0.1, -0.05) is 62.4 Å². The van der Waals surface area contributed by atoms with Gasteiger partial charge in [0, 0.05) is 6.20 Å². The molecule has 1 aromatic heterocycles. The first-order valence-corrected chi connectivity index (χ1v) is 15.3. The van der Waals surface area contributed by atoms with E-state index in [2.05, 4.69) is 10.1 Å². The number of hydrogen-bond donors (Lipinski definition) is 4. The molecule has 13 nitrogen and oxygen atoms in total. The lowest BCUT2D eigenvalue weighted by molar-refractivity contribution is -0.148. The monoisotopic (exact) mass is 616 g/mol. The number of carbonyl (C=O) groups excluding carboxylic acids is 1. The third kappa shape index (κ3) is 8.29. The largest absolute Gasteiger partial charge is 0.464 e. The van der Waals surface area contributed by atoms with E-state index in [-0.39, 0.29) is 24.1 Å². The minimum atomic E-state index is -4.26. The number of para-hydroxylation sites is 1. The summed E-state index contributed by atoms with van der Waals surface area (Å²) in [6, 6.07) is 18.3. The molecule has 1 fully saturated rings. The number of aliphatic hydroxyl groups excluding tert-OH is 1. The molecule has 1 saturated heterocycles. The molecule has 6 atom stereocenters. The van der Waals surface area contributed by atoms with Crippen LogP contribution in [0.1, 0.15) is 32.6 Å². The van der Waals surface area contributed by atoms with E-state index in [1.807, 2.05) is 30.3 Å². The minimum Gasteiger partial charge on any atom is -0.464 e. The molecule has 0 saturated carbocycles. The van der Waals surface area contributed by atoms with Crippen molar-refractivity contribution in [1.82, 2.24) is 14.6 Å².